The summed E-state index contributed by atoms with van der Waals surface area (Å²) in [5.41, 5.74) is 0. The number of rotatable bonds is 3. The van der Waals surface area contributed by atoms with Crippen LogP contribution >= 0.6 is 0 Å². The Morgan fingerprint density at radius 2 is 2.12 bits per heavy atom. The summed E-state index contributed by atoms with van der Waals surface area (Å²) in [6, 6.07) is 9.18. The van der Waals surface area contributed by atoms with Gasteiger partial charge in [0.1, 0.15) is 0 Å². The number of esters is 1. The predicted octanol–water partition coefficient (Wildman–Crippen LogP) is 0.221. The Hall–Kier alpha value is -1.03. The van der Waals surface area contributed by atoms with Crippen LogP contribution < -0.4 is 9.78 Å². The Morgan fingerprint density at radius 1 is 1.41 bits per heavy atom. The second-order valence-electron chi connectivity index (χ2n) is 3.95. The van der Waals surface area contributed by atoms with E-state index in [1.165, 1.54) is 7.11 Å². The molecule has 0 spiro atoms. The molecule has 1 N–H and O–H groups in total. The van der Waals surface area contributed by atoms with Crippen molar-refractivity contribution in [3.63, 3.8) is 0 Å². The molecular formula is C12H15NO3Se. The van der Waals surface area contributed by atoms with Crippen LogP contribution in [0.4, 0.5) is 0 Å². The molecule has 1 heterocycles. The summed E-state index contributed by atoms with van der Waals surface area (Å²) in [5.74, 6) is -0.264. The van der Waals surface area contributed by atoms with Crippen LogP contribution in [0, 0.1) is 0 Å². The van der Waals surface area contributed by atoms with Crippen molar-refractivity contribution in [1.29, 1.82) is 0 Å². The fourth-order valence-corrected chi connectivity index (χ4v) is 4.93. The average molecular weight is 300 g/mol. The number of hydrogen-bond acceptors (Lipinski definition) is 4. The third-order valence-electron chi connectivity index (χ3n) is 2.85. The number of carbonyl (C=O) groups excluding carboxylic acids is 1. The van der Waals surface area contributed by atoms with E-state index in [2.05, 4.69) is 10.1 Å². The van der Waals surface area contributed by atoms with E-state index in [0.29, 0.717) is 13.0 Å². The molecule has 5 heteroatoms. The van der Waals surface area contributed by atoms with Gasteiger partial charge in [0, 0.05) is 0 Å². The van der Waals surface area contributed by atoms with Crippen LogP contribution in [0.15, 0.2) is 30.3 Å². The van der Waals surface area contributed by atoms with Gasteiger partial charge in [-0.25, -0.2) is 0 Å². The van der Waals surface area contributed by atoms with Gasteiger partial charge < -0.3 is 0 Å². The van der Waals surface area contributed by atoms with Crippen LogP contribution in [0.5, 0.6) is 0 Å². The molecule has 1 aromatic rings. The molecular weight excluding hydrogens is 285 g/mol. The van der Waals surface area contributed by atoms with E-state index < -0.39 is 13.8 Å². The van der Waals surface area contributed by atoms with Crippen LogP contribution in [0.1, 0.15) is 6.42 Å². The number of hydrogen-bond donors (Lipinski definition) is 1. The molecule has 17 heavy (non-hydrogen) atoms. The molecule has 1 fully saturated rings. The minimum absolute atomic E-state index is 0.0708. The summed E-state index contributed by atoms with van der Waals surface area (Å²) in [6.07, 6.45) is 0.607. The Kier molecular flexibility index (Phi) is 4.05. The molecule has 1 saturated heterocycles. The van der Waals surface area contributed by atoms with Gasteiger partial charge in [0.15, 0.2) is 0 Å². The van der Waals surface area contributed by atoms with Crippen LogP contribution in [-0.2, 0) is 13.4 Å². The van der Waals surface area contributed by atoms with Crippen molar-refractivity contribution >= 4 is 24.3 Å². The van der Waals surface area contributed by atoms with E-state index in [1.807, 2.05) is 30.3 Å². The summed E-state index contributed by atoms with van der Waals surface area (Å²) >= 11 is -2.08. The minimum atomic E-state index is -2.08. The maximum atomic E-state index is 12.3. The zero-order chi connectivity index (χ0) is 12.3. The van der Waals surface area contributed by atoms with Gasteiger partial charge in [0.2, 0.25) is 0 Å². The van der Waals surface area contributed by atoms with E-state index in [1.54, 1.807) is 0 Å². The molecule has 2 rings (SSSR count). The van der Waals surface area contributed by atoms with Crippen LogP contribution in [0.25, 0.3) is 0 Å². The van der Waals surface area contributed by atoms with Crippen molar-refractivity contribution < 1.29 is 13.4 Å². The second kappa shape index (κ2) is 5.54. The van der Waals surface area contributed by atoms with Gasteiger partial charge in [-0.05, 0) is 0 Å². The monoisotopic (exact) mass is 301 g/mol. The van der Waals surface area contributed by atoms with Gasteiger partial charge in [-0.1, -0.05) is 0 Å². The summed E-state index contributed by atoms with van der Waals surface area (Å²) in [6.45, 7) is 0.628. The van der Waals surface area contributed by atoms with Gasteiger partial charge in [0.25, 0.3) is 0 Å². The van der Waals surface area contributed by atoms with Gasteiger partial charge in [-0.3, -0.25) is 0 Å². The molecule has 0 radical (unpaired) electrons. The second-order valence-corrected chi connectivity index (χ2v) is 7.59. The fraction of sp³-hybridized carbons (Fsp3) is 0.417. The van der Waals surface area contributed by atoms with Crippen molar-refractivity contribution in [3.05, 3.63) is 30.3 Å². The molecule has 1 aromatic carbocycles. The molecule has 1 aliphatic rings. The maximum absolute atomic E-state index is 12.3. The Labute approximate surface area is 104 Å². The normalized spacial score (nSPS) is 25.5. The quantitative estimate of drug-likeness (QED) is 0.641. The average Bonchev–Trinajstić information content (AvgIpc) is 2.87. The third kappa shape index (κ3) is 2.80. The summed E-state index contributed by atoms with van der Waals surface area (Å²) in [5, 5.41) is 3.06. The Morgan fingerprint density at radius 3 is 2.76 bits per heavy atom. The number of methoxy groups -OCH3 is 1. The molecule has 0 amide bonds. The van der Waals surface area contributed by atoms with Gasteiger partial charge >= 0.3 is 104 Å². The summed E-state index contributed by atoms with van der Waals surface area (Å²) in [4.78, 5) is 11.4. The molecule has 3 unspecified atom stereocenters. The third-order valence-corrected chi connectivity index (χ3v) is 6.42. The van der Waals surface area contributed by atoms with Crippen molar-refractivity contribution in [2.45, 2.75) is 17.3 Å². The van der Waals surface area contributed by atoms with Crippen molar-refractivity contribution in [1.82, 2.24) is 5.32 Å². The van der Waals surface area contributed by atoms with E-state index in [0.717, 1.165) is 4.46 Å². The van der Waals surface area contributed by atoms with Crippen LogP contribution in [0.3, 0.4) is 0 Å². The topological polar surface area (TPSA) is 55.4 Å². The van der Waals surface area contributed by atoms with Crippen molar-refractivity contribution in [2.75, 3.05) is 13.7 Å². The van der Waals surface area contributed by atoms with E-state index >= 15 is 0 Å². The molecule has 1 aliphatic heterocycles. The molecule has 0 aromatic heterocycles. The number of benzene rings is 1. The van der Waals surface area contributed by atoms with Crippen molar-refractivity contribution in [2.24, 2.45) is 0 Å². The fourth-order valence-electron chi connectivity index (χ4n) is 1.94. The van der Waals surface area contributed by atoms with E-state index in [-0.39, 0.29) is 16.8 Å². The first-order valence-electron chi connectivity index (χ1n) is 5.49. The van der Waals surface area contributed by atoms with E-state index in [9.17, 15) is 8.63 Å². The molecule has 4 nitrogen and oxygen atoms in total. The molecule has 92 valence electrons. The first kappa shape index (κ1) is 12.4. The number of nitrogens with one attached hydrogen (secondary N) is 1. The van der Waals surface area contributed by atoms with Crippen LogP contribution in [-0.4, -0.2) is 39.5 Å². The first-order valence-corrected chi connectivity index (χ1v) is 8.03. The van der Waals surface area contributed by atoms with E-state index in [4.69, 9.17) is 0 Å². The zero-order valence-corrected chi connectivity index (χ0v) is 11.3. The summed E-state index contributed by atoms with van der Waals surface area (Å²) in [7, 11) is 1.37. The number of ether oxygens (including phenoxy) is 1. The van der Waals surface area contributed by atoms with Gasteiger partial charge in [0.05, 0.1) is 0 Å². The molecule has 3 atom stereocenters. The SMILES string of the molecule is COC(=O)C1CC([Se](=O)c2ccccc2)CN1. The van der Waals surface area contributed by atoms with Gasteiger partial charge in [-0.15, -0.1) is 0 Å². The first-order chi connectivity index (χ1) is 8.22. The molecule has 0 saturated carbocycles. The Balaban J connectivity index is 2.02. The predicted molar refractivity (Wildman–Crippen MR) is 64.7 cm³/mol. The van der Waals surface area contributed by atoms with Crippen LogP contribution in [0.2, 0.25) is 4.82 Å². The van der Waals surface area contributed by atoms with Crippen molar-refractivity contribution in [3.8, 4) is 0 Å². The molecule has 0 bridgehead atoms. The number of carbonyl (C=O) groups is 1. The zero-order valence-electron chi connectivity index (χ0n) is 9.59. The Bertz CT molecular complexity index is 421. The van der Waals surface area contributed by atoms with Gasteiger partial charge in [-0.2, -0.15) is 0 Å². The standard InChI is InChI=1S/C12H15NO3Se/c1-16-12(14)11-7-10(8-13-11)17(15)9-5-3-2-4-6-9/h2-6,10-11,13H,7-8H2,1H3. The summed E-state index contributed by atoms with van der Waals surface area (Å²) < 4.78 is 17.9. The molecule has 0 aliphatic carbocycles.